The van der Waals surface area contributed by atoms with E-state index in [9.17, 15) is 9.59 Å². The van der Waals surface area contributed by atoms with Crippen LogP contribution < -0.4 is 0 Å². The SMILES string of the molecule is COC(=O)[C@@H]1C(C)=CC(=O)C[C@H]1CC(C)C. The third-order valence-corrected chi connectivity index (χ3v) is 3.04. The summed E-state index contributed by atoms with van der Waals surface area (Å²) in [6.45, 7) is 6.05. The minimum absolute atomic E-state index is 0.102. The molecule has 90 valence electrons. The lowest BCUT2D eigenvalue weighted by Crippen LogP contribution is -2.32. The number of hydrogen-bond donors (Lipinski definition) is 0. The summed E-state index contributed by atoms with van der Waals surface area (Å²) in [5.74, 6) is 0.265. The van der Waals surface area contributed by atoms with Gasteiger partial charge in [-0.05, 0) is 31.3 Å². The summed E-state index contributed by atoms with van der Waals surface area (Å²) in [5, 5.41) is 0. The topological polar surface area (TPSA) is 43.4 Å². The first-order valence-electron chi connectivity index (χ1n) is 5.74. The number of ketones is 1. The van der Waals surface area contributed by atoms with Gasteiger partial charge >= 0.3 is 5.97 Å². The van der Waals surface area contributed by atoms with Crippen molar-refractivity contribution in [1.82, 2.24) is 0 Å². The van der Waals surface area contributed by atoms with Gasteiger partial charge in [0.1, 0.15) is 0 Å². The predicted octanol–water partition coefficient (Wildman–Crippen LogP) is 2.36. The van der Waals surface area contributed by atoms with E-state index in [-0.39, 0.29) is 23.6 Å². The molecule has 0 saturated heterocycles. The Bertz CT molecular complexity index is 315. The second-order valence-electron chi connectivity index (χ2n) is 4.95. The van der Waals surface area contributed by atoms with E-state index < -0.39 is 0 Å². The van der Waals surface area contributed by atoms with Gasteiger partial charge in [-0.1, -0.05) is 19.4 Å². The van der Waals surface area contributed by atoms with Gasteiger partial charge in [-0.2, -0.15) is 0 Å². The first kappa shape index (κ1) is 12.9. The summed E-state index contributed by atoms with van der Waals surface area (Å²) in [5.41, 5.74) is 0.841. The third kappa shape index (κ3) is 2.94. The molecular weight excluding hydrogens is 204 g/mol. The second-order valence-corrected chi connectivity index (χ2v) is 4.95. The molecule has 1 rings (SSSR count). The minimum Gasteiger partial charge on any atom is -0.469 e. The van der Waals surface area contributed by atoms with Crippen molar-refractivity contribution in [3.63, 3.8) is 0 Å². The van der Waals surface area contributed by atoms with Crippen LogP contribution in [-0.4, -0.2) is 18.9 Å². The van der Waals surface area contributed by atoms with Gasteiger partial charge in [-0.3, -0.25) is 9.59 Å². The van der Waals surface area contributed by atoms with Gasteiger partial charge in [0.05, 0.1) is 13.0 Å². The largest absolute Gasteiger partial charge is 0.469 e. The van der Waals surface area contributed by atoms with E-state index in [4.69, 9.17) is 4.74 Å². The van der Waals surface area contributed by atoms with Gasteiger partial charge in [0.25, 0.3) is 0 Å². The highest BCUT2D eigenvalue weighted by Crippen LogP contribution is 2.34. The average Bonchev–Trinajstić information content (AvgIpc) is 2.14. The molecule has 0 N–H and O–H groups in total. The van der Waals surface area contributed by atoms with Gasteiger partial charge in [0.15, 0.2) is 5.78 Å². The van der Waals surface area contributed by atoms with Crippen molar-refractivity contribution in [2.24, 2.45) is 17.8 Å². The number of esters is 1. The molecule has 0 spiro atoms. The van der Waals surface area contributed by atoms with Crippen molar-refractivity contribution in [2.45, 2.75) is 33.6 Å². The summed E-state index contributed by atoms with van der Waals surface area (Å²) < 4.78 is 4.82. The molecule has 0 bridgehead atoms. The fourth-order valence-electron chi connectivity index (χ4n) is 2.48. The normalized spacial score (nSPS) is 25.6. The van der Waals surface area contributed by atoms with Crippen LogP contribution in [0.3, 0.4) is 0 Å². The van der Waals surface area contributed by atoms with E-state index in [1.807, 2.05) is 6.92 Å². The number of carbonyl (C=O) groups is 2. The van der Waals surface area contributed by atoms with Crippen molar-refractivity contribution < 1.29 is 14.3 Å². The van der Waals surface area contributed by atoms with Gasteiger partial charge in [-0.15, -0.1) is 0 Å². The summed E-state index contributed by atoms with van der Waals surface area (Å²) in [6, 6.07) is 0. The van der Waals surface area contributed by atoms with Crippen molar-refractivity contribution >= 4 is 11.8 Å². The van der Waals surface area contributed by atoms with Crippen LogP contribution in [0.2, 0.25) is 0 Å². The summed E-state index contributed by atoms with van der Waals surface area (Å²) in [6.07, 6.45) is 2.93. The van der Waals surface area contributed by atoms with E-state index >= 15 is 0 Å². The molecule has 0 fully saturated rings. The lowest BCUT2D eigenvalue weighted by atomic mass is 9.75. The fraction of sp³-hybridized carbons (Fsp3) is 0.692. The smallest absolute Gasteiger partial charge is 0.313 e. The van der Waals surface area contributed by atoms with Crippen molar-refractivity contribution in [3.05, 3.63) is 11.6 Å². The Morgan fingerprint density at radius 3 is 2.69 bits per heavy atom. The highest BCUT2D eigenvalue weighted by molar-refractivity contribution is 5.94. The molecular formula is C13H20O3. The predicted molar refractivity (Wildman–Crippen MR) is 61.8 cm³/mol. The first-order chi connectivity index (χ1) is 7.45. The number of carbonyl (C=O) groups excluding carboxylic acids is 2. The molecule has 3 nitrogen and oxygen atoms in total. The summed E-state index contributed by atoms with van der Waals surface area (Å²) >= 11 is 0. The minimum atomic E-state index is -0.231. The maximum Gasteiger partial charge on any atom is 0.313 e. The number of methoxy groups -OCH3 is 1. The van der Waals surface area contributed by atoms with Crippen LogP contribution >= 0.6 is 0 Å². The van der Waals surface area contributed by atoms with Crippen LogP contribution in [-0.2, 0) is 14.3 Å². The Balaban J connectivity index is 2.91. The van der Waals surface area contributed by atoms with E-state index in [0.29, 0.717) is 12.3 Å². The van der Waals surface area contributed by atoms with E-state index in [1.165, 1.54) is 7.11 Å². The van der Waals surface area contributed by atoms with E-state index in [0.717, 1.165) is 12.0 Å². The van der Waals surface area contributed by atoms with Gasteiger partial charge in [0.2, 0.25) is 0 Å². The molecule has 0 aliphatic heterocycles. The Morgan fingerprint density at radius 1 is 1.56 bits per heavy atom. The Hall–Kier alpha value is -1.12. The zero-order valence-corrected chi connectivity index (χ0v) is 10.4. The number of rotatable bonds is 3. The molecule has 0 heterocycles. The molecule has 0 saturated carbocycles. The van der Waals surface area contributed by atoms with Crippen molar-refractivity contribution in [2.75, 3.05) is 7.11 Å². The molecule has 16 heavy (non-hydrogen) atoms. The van der Waals surface area contributed by atoms with Crippen molar-refractivity contribution in [3.8, 4) is 0 Å². The van der Waals surface area contributed by atoms with Gasteiger partial charge < -0.3 is 4.74 Å². The highest BCUT2D eigenvalue weighted by Gasteiger charge is 2.35. The summed E-state index contributed by atoms with van der Waals surface area (Å²) in [7, 11) is 1.40. The quantitative estimate of drug-likeness (QED) is 0.691. The molecule has 0 aromatic heterocycles. The standard InChI is InChI=1S/C13H20O3/c1-8(2)5-10-7-11(14)6-9(3)12(10)13(15)16-4/h6,8,10,12H,5,7H2,1-4H3/t10-,12-/m1/s1. The van der Waals surface area contributed by atoms with Crippen LogP contribution in [0.1, 0.15) is 33.6 Å². The molecule has 0 radical (unpaired) electrons. The average molecular weight is 224 g/mol. The fourth-order valence-corrected chi connectivity index (χ4v) is 2.48. The van der Waals surface area contributed by atoms with Crippen LogP contribution in [0.15, 0.2) is 11.6 Å². The van der Waals surface area contributed by atoms with E-state index in [1.54, 1.807) is 6.08 Å². The van der Waals surface area contributed by atoms with Gasteiger partial charge in [0, 0.05) is 6.42 Å². The molecule has 0 unspecified atom stereocenters. The van der Waals surface area contributed by atoms with Crippen LogP contribution in [0.4, 0.5) is 0 Å². The van der Waals surface area contributed by atoms with Crippen molar-refractivity contribution in [1.29, 1.82) is 0 Å². The Labute approximate surface area is 96.9 Å². The van der Waals surface area contributed by atoms with E-state index in [2.05, 4.69) is 13.8 Å². The van der Waals surface area contributed by atoms with Gasteiger partial charge in [-0.25, -0.2) is 0 Å². The second kappa shape index (κ2) is 5.28. The molecule has 2 atom stereocenters. The van der Waals surface area contributed by atoms with Crippen LogP contribution in [0, 0.1) is 17.8 Å². The molecule has 1 aliphatic carbocycles. The number of ether oxygens (including phenoxy) is 1. The Morgan fingerprint density at radius 2 is 2.19 bits per heavy atom. The molecule has 0 aromatic carbocycles. The molecule has 1 aliphatic rings. The number of allylic oxidation sites excluding steroid dienone is 1. The lowest BCUT2D eigenvalue weighted by molar-refractivity contribution is -0.146. The Kier molecular flexibility index (Phi) is 4.27. The molecule has 0 aromatic rings. The lowest BCUT2D eigenvalue weighted by Gasteiger charge is -2.29. The number of hydrogen-bond acceptors (Lipinski definition) is 3. The zero-order valence-electron chi connectivity index (χ0n) is 10.4. The zero-order chi connectivity index (χ0) is 12.3. The maximum atomic E-state index is 11.7. The monoisotopic (exact) mass is 224 g/mol. The maximum absolute atomic E-state index is 11.7. The molecule has 3 heteroatoms. The van der Waals surface area contributed by atoms with Crippen LogP contribution in [0.25, 0.3) is 0 Å². The summed E-state index contributed by atoms with van der Waals surface area (Å²) in [4.78, 5) is 23.2. The third-order valence-electron chi connectivity index (χ3n) is 3.04. The highest BCUT2D eigenvalue weighted by atomic mass is 16.5. The molecule has 0 amide bonds. The first-order valence-corrected chi connectivity index (χ1v) is 5.74. The van der Waals surface area contributed by atoms with Crippen LogP contribution in [0.5, 0.6) is 0 Å².